The van der Waals surface area contributed by atoms with E-state index in [4.69, 9.17) is 0 Å². The topological polar surface area (TPSA) is 0 Å². The summed E-state index contributed by atoms with van der Waals surface area (Å²) in [6.45, 7) is 7.65. The molecule has 0 aromatic heterocycles. The van der Waals surface area contributed by atoms with Crippen molar-refractivity contribution in [3.05, 3.63) is 0 Å². The molecule has 2 heteroatoms. The number of rotatable bonds is 2. The van der Waals surface area contributed by atoms with Crippen LogP contribution in [0.5, 0.6) is 0 Å². The van der Waals surface area contributed by atoms with Crippen molar-refractivity contribution in [3.8, 4) is 0 Å². The van der Waals surface area contributed by atoms with E-state index in [1.807, 2.05) is 0 Å². The first-order valence-corrected chi connectivity index (χ1v) is 9.84. The molecule has 4 atom stereocenters. The van der Waals surface area contributed by atoms with Gasteiger partial charge in [0.05, 0.1) is 0 Å². The molecular weight excluding hydrogens is 192 g/mol. The van der Waals surface area contributed by atoms with Gasteiger partial charge in [-0.1, -0.05) is 19.6 Å². The molecule has 0 spiro atoms. The van der Waals surface area contributed by atoms with E-state index in [2.05, 4.69) is 32.3 Å². The Morgan fingerprint density at radius 2 is 1.77 bits per heavy atom. The van der Waals surface area contributed by atoms with Gasteiger partial charge in [-0.25, -0.2) is 0 Å². The number of thiol groups is 1. The van der Waals surface area contributed by atoms with Crippen LogP contribution in [0.3, 0.4) is 0 Å². The van der Waals surface area contributed by atoms with Crippen molar-refractivity contribution in [1.29, 1.82) is 0 Å². The summed E-state index contributed by atoms with van der Waals surface area (Å²) >= 11 is 4.46. The van der Waals surface area contributed by atoms with Crippen LogP contribution < -0.4 is 0 Å². The summed E-state index contributed by atoms with van der Waals surface area (Å²) in [6, 6.07) is 0. The van der Waals surface area contributed by atoms with Gasteiger partial charge in [-0.2, -0.15) is 12.6 Å². The Kier molecular flexibility index (Phi) is 2.56. The highest BCUT2D eigenvalue weighted by Gasteiger charge is 2.49. The molecule has 0 aromatic rings. The Balaban J connectivity index is 2.03. The summed E-state index contributed by atoms with van der Waals surface area (Å²) in [6.07, 6.45) is 4.59. The minimum atomic E-state index is -0.845. The first-order chi connectivity index (χ1) is 6.02. The summed E-state index contributed by atoms with van der Waals surface area (Å²) in [7, 11) is -0.845. The lowest BCUT2D eigenvalue weighted by Crippen LogP contribution is -2.33. The second-order valence-electron chi connectivity index (χ2n) is 6.14. The first-order valence-electron chi connectivity index (χ1n) is 5.63. The zero-order valence-electron chi connectivity index (χ0n) is 9.09. The van der Waals surface area contributed by atoms with Crippen molar-refractivity contribution in [3.63, 3.8) is 0 Å². The molecule has 0 aliphatic heterocycles. The standard InChI is InChI=1S/C11H22SSi/c1-13(2,3)11-6-8-4-9(11)5-10(8)7-12/h8-12H,4-7H2,1-3H3. The molecule has 2 aliphatic carbocycles. The third kappa shape index (κ3) is 1.72. The highest BCUT2D eigenvalue weighted by atomic mass is 32.1. The van der Waals surface area contributed by atoms with E-state index >= 15 is 0 Å². The molecule has 0 saturated heterocycles. The Morgan fingerprint density at radius 3 is 2.15 bits per heavy atom. The van der Waals surface area contributed by atoms with Gasteiger partial charge in [-0.05, 0) is 48.3 Å². The molecular formula is C11H22SSi. The summed E-state index contributed by atoms with van der Waals surface area (Å²) in [5.41, 5.74) is 1.13. The fourth-order valence-corrected chi connectivity index (χ4v) is 6.82. The number of hydrogen-bond donors (Lipinski definition) is 1. The van der Waals surface area contributed by atoms with E-state index in [0.29, 0.717) is 0 Å². The van der Waals surface area contributed by atoms with Crippen molar-refractivity contribution >= 4 is 20.7 Å². The monoisotopic (exact) mass is 214 g/mol. The minimum absolute atomic E-state index is 0.845. The molecule has 76 valence electrons. The molecule has 0 nitrogen and oxygen atoms in total. The molecule has 0 aromatic carbocycles. The molecule has 2 aliphatic rings. The second kappa shape index (κ2) is 3.30. The smallest absolute Gasteiger partial charge is 0.0476 e. The van der Waals surface area contributed by atoms with Gasteiger partial charge in [0.1, 0.15) is 0 Å². The molecule has 2 bridgehead atoms. The highest BCUT2D eigenvalue weighted by molar-refractivity contribution is 7.80. The van der Waals surface area contributed by atoms with E-state index in [-0.39, 0.29) is 0 Å². The average Bonchev–Trinajstić information content (AvgIpc) is 2.59. The van der Waals surface area contributed by atoms with Crippen LogP contribution in [0.2, 0.25) is 25.2 Å². The van der Waals surface area contributed by atoms with Gasteiger partial charge in [-0.3, -0.25) is 0 Å². The van der Waals surface area contributed by atoms with E-state index in [0.717, 1.165) is 29.0 Å². The van der Waals surface area contributed by atoms with Crippen molar-refractivity contribution in [2.75, 3.05) is 5.75 Å². The Labute approximate surface area is 88.9 Å². The van der Waals surface area contributed by atoms with Gasteiger partial charge < -0.3 is 0 Å². The Morgan fingerprint density at radius 1 is 1.08 bits per heavy atom. The van der Waals surface area contributed by atoms with Crippen molar-refractivity contribution < 1.29 is 0 Å². The van der Waals surface area contributed by atoms with Gasteiger partial charge >= 0.3 is 0 Å². The fourth-order valence-electron chi connectivity index (χ4n) is 3.68. The average molecular weight is 214 g/mol. The van der Waals surface area contributed by atoms with Crippen molar-refractivity contribution in [1.82, 2.24) is 0 Å². The normalized spacial score (nSPS) is 44.3. The van der Waals surface area contributed by atoms with Crippen LogP contribution >= 0.6 is 12.6 Å². The minimum Gasteiger partial charge on any atom is -0.179 e. The van der Waals surface area contributed by atoms with E-state index < -0.39 is 8.07 Å². The maximum Gasteiger partial charge on any atom is 0.0476 e. The Bertz CT molecular complexity index is 197. The molecule has 0 radical (unpaired) electrons. The lowest BCUT2D eigenvalue weighted by atomic mass is 9.90. The molecule has 2 fully saturated rings. The zero-order chi connectivity index (χ0) is 9.64. The molecule has 2 rings (SSSR count). The molecule has 13 heavy (non-hydrogen) atoms. The van der Waals surface area contributed by atoms with E-state index in [1.54, 1.807) is 12.8 Å². The van der Waals surface area contributed by atoms with E-state index in [9.17, 15) is 0 Å². The molecule has 2 saturated carbocycles. The fraction of sp³-hybridized carbons (Fsp3) is 1.00. The molecule has 0 N–H and O–H groups in total. The van der Waals surface area contributed by atoms with Gasteiger partial charge in [0, 0.05) is 8.07 Å². The highest BCUT2D eigenvalue weighted by Crippen LogP contribution is 2.57. The lowest BCUT2D eigenvalue weighted by molar-refractivity contribution is 0.361. The maximum absolute atomic E-state index is 4.46. The Hall–Kier alpha value is 0.567. The van der Waals surface area contributed by atoms with Crippen LogP contribution in [0.1, 0.15) is 19.3 Å². The zero-order valence-corrected chi connectivity index (χ0v) is 11.0. The van der Waals surface area contributed by atoms with Crippen LogP contribution in [0.25, 0.3) is 0 Å². The number of hydrogen-bond acceptors (Lipinski definition) is 1. The third-order valence-electron chi connectivity index (χ3n) is 4.35. The SMILES string of the molecule is C[Si](C)(C)C1CC2CC1CC2CS. The van der Waals surface area contributed by atoms with Gasteiger partial charge in [0.25, 0.3) is 0 Å². The summed E-state index contributed by atoms with van der Waals surface area (Å²) in [5.74, 6) is 4.26. The van der Waals surface area contributed by atoms with Crippen molar-refractivity contribution in [2.45, 2.75) is 44.4 Å². The van der Waals surface area contributed by atoms with Crippen LogP contribution in [-0.4, -0.2) is 13.8 Å². The van der Waals surface area contributed by atoms with E-state index in [1.165, 1.54) is 6.42 Å². The van der Waals surface area contributed by atoms with Crippen LogP contribution in [0.15, 0.2) is 0 Å². The maximum atomic E-state index is 4.46. The van der Waals surface area contributed by atoms with Crippen LogP contribution in [0, 0.1) is 17.8 Å². The molecule has 0 heterocycles. The van der Waals surface area contributed by atoms with Gasteiger partial charge in [0.15, 0.2) is 0 Å². The second-order valence-corrected chi connectivity index (χ2v) is 12.0. The van der Waals surface area contributed by atoms with Crippen molar-refractivity contribution in [2.24, 2.45) is 17.8 Å². The van der Waals surface area contributed by atoms with Crippen LogP contribution in [-0.2, 0) is 0 Å². The molecule has 4 unspecified atom stereocenters. The summed E-state index contributed by atoms with van der Waals surface area (Å²) < 4.78 is 0. The largest absolute Gasteiger partial charge is 0.179 e. The predicted molar refractivity (Wildman–Crippen MR) is 65.3 cm³/mol. The van der Waals surface area contributed by atoms with Gasteiger partial charge in [0.2, 0.25) is 0 Å². The lowest BCUT2D eigenvalue weighted by Gasteiger charge is -2.35. The summed E-state index contributed by atoms with van der Waals surface area (Å²) in [4.78, 5) is 0. The quantitative estimate of drug-likeness (QED) is 0.526. The number of fused-ring (bicyclic) bond motifs is 2. The predicted octanol–water partition coefficient (Wildman–Crippen LogP) is 3.67. The molecule has 0 amide bonds. The first kappa shape index (κ1) is 10.1. The summed E-state index contributed by atoms with van der Waals surface area (Å²) in [5, 5.41) is 0. The third-order valence-corrected chi connectivity index (χ3v) is 7.75. The van der Waals surface area contributed by atoms with Crippen LogP contribution in [0.4, 0.5) is 0 Å². The van der Waals surface area contributed by atoms with Gasteiger partial charge in [-0.15, -0.1) is 0 Å².